The molecule has 0 aromatic carbocycles. The standard InChI is InChI=1S/C16H28N2O3/c1-4-13-14(19)18(16(3,5-2)15(20)17-13)10-6-8-12-9-7-11-21-12/h12-13H,4-11H2,1-3H3,(H,17,20). The van der Waals surface area contributed by atoms with Gasteiger partial charge >= 0.3 is 0 Å². The maximum Gasteiger partial charge on any atom is 0.246 e. The molecule has 2 saturated heterocycles. The number of piperazine rings is 1. The van der Waals surface area contributed by atoms with Gasteiger partial charge in [0.2, 0.25) is 11.8 Å². The van der Waals surface area contributed by atoms with Crippen LogP contribution in [-0.4, -0.2) is 47.6 Å². The van der Waals surface area contributed by atoms with Crippen molar-refractivity contribution in [2.75, 3.05) is 13.2 Å². The van der Waals surface area contributed by atoms with Crippen molar-refractivity contribution in [1.29, 1.82) is 0 Å². The third-order valence-electron chi connectivity index (χ3n) is 4.98. The van der Waals surface area contributed by atoms with E-state index >= 15 is 0 Å². The summed E-state index contributed by atoms with van der Waals surface area (Å²) < 4.78 is 5.63. The maximum atomic E-state index is 12.6. The van der Waals surface area contributed by atoms with Gasteiger partial charge in [-0.3, -0.25) is 9.59 Å². The van der Waals surface area contributed by atoms with Crippen molar-refractivity contribution in [1.82, 2.24) is 10.2 Å². The van der Waals surface area contributed by atoms with Crippen molar-refractivity contribution < 1.29 is 14.3 Å². The van der Waals surface area contributed by atoms with Crippen molar-refractivity contribution in [3.8, 4) is 0 Å². The number of nitrogens with zero attached hydrogens (tertiary/aromatic N) is 1. The molecule has 21 heavy (non-hydrogen) atoms. The number of carbonyl (C=O) groups excluding carboxylic acids is 2. The number of nitrogens with one attached hydrogen (secondary N) is 1. The summed E-state index contributed by atoms with van der Waals surface area (Å²) in [7, 11) is 0. The van der Waals surface area contributed by atoms with Gasteiger partial charge in [0.05, 0.1) is 6.10 Å². The van der Waals surface area contributed by atoms with Crippen LogP contribution in [0, 0.1) is 0 Å². The highest BCUT2D eigenvalue weighted by Gasteiger charge is 2.47. The number of rotatable bonds is 6. The van der Waals surface area contributed by atoms with E-state index in [4.69, 9.17) is 4.74 Å². The van der Waals surface area contributed by atoms with Gasteiger partial charge in [-0.2, -0.15) is 0 Å². The fourth-order valence-electron chi connectivity index (χ4n) is 3.26. The summed E-state index contributed by atoms with van der Waals surface area (Å²) in [4.78, 5) is 26.7. The zero-order valence-electron chi connectivity index (χ0n) is 13.5. The molecule has 2 fully saturated rings. The van der Waals surface area contributed by atoms with Crippen molar-refractivity contribution in [3.05, 3.63) is 0 Å². The van der Waals surface area contributed by atoms with E-state index in [1.165, 1.54) is 0 Å². The molecular weight excluding hydrogens is 268 g/mol. The van der Waals surface area contributed by atoms with E-state index in [2.05, 4.69) is 5.32 Å². The topological polar surface area (TPSA) is 58.6 Å². The van der Waals surface area contributed by atoms with Crippen LogP contribution in [0.4, 0.5) is 0 Å². The Bertz CT molecular complexity index is 393. The van der Waals surface area contributed by atoms with Crippen molar-refractivity contribution in [3.63, 3.8) is 0 Å². The first-order valence-corrected chi connectivity index (χ1v) is 8.27. The molecule has 2 heterocycles. The third kappa shape index (κ3) is 3.23. The SMILES string of the molecule is CCC1NC(=O)C(C)(CC)N(CCCC2CCCO2)C1=O. The first-order valence-electron chi connectivity index (χ1n) is 8.27. The summed E-state index contributed by atoms with van der Waals surface area (Å²) in [5, 5.41) is 2.86. The summed E-state index contributed by atoms with van der Waals surface area (Å²) in [5.74, 6) is 0.0438. The van der Waals surface area contributed by atoms with Crippen LogP contribution in [0.5, 0.6) is 0 Å². The van der Waals surface area contributed by atoms with Crippen molar-refractivity contribution >= 4 is 11.8 Å². The minimum absolute atomic E-state index is 0.0198. The Kier molecular flexibility index (Phi) is 5.25. The highest BCUT2D eigenvalue weighted by atomic mass is 16.5. The first kappa shape index (κ1) is 16.3. The van der Waals surface area contributed by atoms with E-state index < -0.39 is 5.54 Å². The highest BCUT2D eigenvalue weighted by Crippen LogP contribution is 2.27. The minimum atomic E-state index is -0.709. The average molecular weight is 296 g/mol. The molecule has 0 bridgehead atoms. The molecule has 0 aliphatic carbocycles. The molecule has 120 valence electrons. The van der Waals surface area contributed by atoms with Crippen molar-refractivity contribution in [2.45, 2.75) is 77.0 Å². The summed E-state index contributed by atoms with van der Waals surface area (Å²) in [5.41, 5.74) is -0.709. The Morgan fingerprint density at radius 3 is 2.71 bits per heavy atom. The lowest BCUT2D eigenvalue weighted by Gasteiger charge is -2.46. The molecule has 3 unspecified atom stereocenters. The number of amides is 2. The number of hydrogen-bond donors (Lipinski definition) is 1. The van der Waals surface area contributed by atoms with Gasteiger partial charge in [-0.05, 0) is 45.4 Å². The number of ether oxygens (including phenoxy) is 1. The lowest BCUT2D eigenvalue weighted by Crippen LogP contribution is -2.69. The molecule has 0 aromatic rings. The van der Waals surface area contributed by atoms with Crippen LogP contribution in [0.1, 0.15) is 59.3 Å². The van der Waals surface area contributed by atoms with Gasteiger partial charge in [-0.25, -0.2) is 0 Å². The van der Waals surface area contributed by atoms with Gasteiger partial charge in [-0.15, -0.1) is 0 Å². The monoisotopic (exact) mass is 296 g/mol. The molecule has 2 aliphatic heterocycles. The molecule has 0 radical (unpaired) electrons. The summed E-state index contributed by atoms with van der Waals surface area (Å²) in [6, 6.07) is -0.361. The summed E-state index contributed by atoms with van der Waals surface area (Å²) in [6.07, 6.45) is 5.76. The van der Waals surface area contributed by atoms with Gasteiger partial charge in [0.25, 0.3) is 0 Å². The molecule has 0 saturated carbocycles. The lowest BCUT2D eigenvalue weighted by atomic mass is 9.89. The average Bonchev–Trinajstić information content (AvgIpc) is 2.99. The predicted molar refractivity (Wildman–Crippen MR) is 80.8 cm³/mol. The summed E-state index contributed by atoms with van der Waals surface area (Å²) >= 11 is 0. The van der Waals surface area contributed by atoms with Crippen LogP contribution in [0.15, 0.2) is 0 Å². The van der Waals surface area contributed by atoms with Gasteiger partial charge in [0.1, 0.15) is 11.6 Å². The van der Waals surface area contributed by atoms with Crippen LogP contribution >= 0.6 is 0 Å². The molecule has 2 aliphatic rings. The maximum absolute atomic E-state index is 12.6. The molecule has 2 amide bonds. The fourth-order valence-corrected chi connectivity index (χ4v) is 3.26. The smallest absolute Gasteiger partial charge is 0.246 e. The van der Waals surface area contributed by atoms with Gasteiger partial charge in [0.15, 0.2) is 0 Å². The zero-order valence-corrected chi connectivity index (χ0v) is 13.5. The van der Waals surface area contributed by atoms with E-state index in [9.17, 15) is 9.59 Å². The first-order chi connectivity index (χ1) is 10.0. The highest BCUT2D eigenvalue weighted by molar-refractivity contribution is 5.99. The van der Waals surface area contributed by atoms with E-state index in [1.807, 2.05) is 20.8 Å². The van der Waals surface area contributed by atoms with E-state index in [0.29, 0.717) is 25.5 Å². The van der Waals surface area contributed by atoms with Crippen molar-refractivity contribution in [2.24, 2.45) is 0 Å². The van der Waals surface area contributed by atoms with E-state index in [-0.39, 0.29) is 17.9 Å². The Hall–Kier alpha value is -1.10. The number of carbonyl (C=O) groups is 2. The molecular formula is C16H28N2O3. The Morgan fingerprint density at radius 1 is 1.38 bits per heavy atom. The second-order valence-corrected chi connectivity index (χ2v) is 6.33. The van der Waals surface area contributed by atoms with Crippen LogP contribution in [0.25, 0.3) is 0 Å². The molecule has 2 rings (SSSR count). The van der Waals surface area contributed by atoms with Gasteiger partial charge in [0, 0.05) is 13.2 Å². The zero-order chi connectivity index (χ0) is 15.5. The quantitative estimate of drug-likeness (QED) is 0.814. The van der Waals surface area contributed by atoms with Gasteiger partial charge < -0.3 is 15.0 Å². The van der Waals surface area contributed by atoms with Gasteiger partial charge in [-0.1, -0.05) is 13.8 Å². The van der Waals surface area contributed by atoms with Crippen LogP contribution in [-0.2, 0) is 14.3 Å². The van der Waals surface area contributed by atoms with Crippen LogP contribution in [0.2, 0.25) is 0 Å². The molecule has 5 heteroatoms. The summed E-state index contributed by atoms with van der Waals surface area (Å²) in [6.45, 7) is 7.28. The molecule has 0 aromatic heterocycles. The number of hydrogen-bond acceptors (Lipinski definition) is 3. The Morgan fingerprint density at radius 2 is 2.14 bits per heavy atom. The molecule has 0 spiro atoms. The molecule has 1 N–H and O–H groups in total. The molecule has 3 atom stereocenters. The van der Waals surface area contributed by atoms with E-state index in [0.717, 1.165) is 32.3 Å². The normalized spacial score (nSPS) is 33.4. The minimum Gasteiger partial charge on any atom is -0.378 e. The Balaban J connectivity index is 2.00. The lowest BCUT2D eigenvalue weighted by molar-refractivity contribution is -0.157. The second-order valence-electron chi connectivity index (χ2n) is 6.33. The Labute approximate surface area is 127 Å². The predicted octanol–water partition coefficient (Wildman–Crippen LogP) is 1.85. The van der Waals surface area contributed by atoms with Crippen LogP contribution in [0.3, 0.4) is 0 Å². The third-order valence-corrected chi connectivity index (χ3v) is 4.98. The largest absolute Gasteiger partial charge is 0.378 e. The second kappa shape index (κ2) is 6.77. The molecule has 5 nitrogen and oxygen atoms in total. The van der Waals surface area contributed by atoms with Crippen LogP contribution < -0.4 is 5.32 Å². The van der Waals surface area contributed by atoms with E-state index in [1.54, 1.807) is 4.90 Å². The fraction of sp³-hybridized carbons (Fsp3) is 0.875.